The second-order valence-corrected chi connectivity index (χ2v) is 6.45. The SMILES string of the molecule is COc1cccc(-c2noc(COC(=O)CCC3CCCCC3)n2)c1. The van der Waals surface area contributed by atoms with Crippen molar-refractivity contribution >= 4 is 5.97 Å². The molecule has 1 aliphatic carbocycles. The molecular weight excluding hydrogens is 320 g/mol. The summed E-state index contributed by atoms with van der Waals surface area (Å²) < 4.78 is 15.6. The lowest BCUT2D eigenvalue weighted by Gasteiger charge is -2.20. The molecule has 25 heavy (non-hydrogen) atoms. The highest BCUT2D eigenvalue weighted by Crippen LogP contribution is 2.27. The molecule has 0 N–H and O–H groups in total. The van der Waals surface area contributed by atoms with Gasteiger partial charge in [0.25, 0.3) is 5.89 Å². The second-order valence-electron chi connectivity index (χ2n) is 6.45. The fourth-order valence-electron chi connectivity index (χ4n) is 3.21. The molecule has 0 bridgehead atoms. The molecule has 3 rings (SSSR count). The van der Waals surface area contributed by atoms with Crippen molar-refractivity contribution in [2.75, 3.05) is 7.11 Å². The van der Waals surface area contributed by atoms with Crippen LogP contribution in [0.5, 0.6) is 5.75 Å². The van der Waals surface area contributed by atoms with Crippen molar-refractivity contribution < 1.29 is 18.8 Å². The third kappa shape index (κ3) is 5.05. The zero-order chi connectivity index (χ0) is 17.5. The molecule has 0 aliphatic heterocycles. The molecule has 0 unspecified atom stereocenters. The normalized spacial score (nSPS) is 15.1. The number of esters is 1. The zero-order valence-corrected chi connectivity index (χ0v) is 14.6. The van der Waals surface area contributed by atoms with Crippen LogP contribution in [-0.2, 0) is 16.1 Å². The molecular formula is C19H24N2O4. The molecule has 2 aromatic rings. The summed E-state index contributed by atoms with van der Waals surface area (Å²) in [5, 5.41) is 3.93. The molecule has 0 amide bonds. The lowest BCUT2D eigenvalue weighted by molar-refractivity contribution is -0.146. The molecule has 6 nitrogen and oxygen atoms in total. The van der Waals surface area contributed by atoms with Crippen LogP contribution in [0.2, 0.25) is 0 Å². The van der Waals surface area contributed by atoms with Crippen molar-refractivity contribution in [3.8, 4) is 17.1 Å². The van der Waals surface area contributed by atoms with E-state index in [1.54, 1.807) is 7.11 Å². The summed E-state index contributed by atoms with van der Waals surface area (Å²) in [6.07, 6.45) is 7.75. The summed E-state index contributed by atoms with van der Waals surface area (Å²) in [6.45, 7) is 0.0144. The second kappa shape index (κ2) is 8.65. The zero-order valence-electron chi connectivity index (χ0n) is 14.6. The van der Waals surface area contributed by atoms with Crippen LogP contribution in [0.4, 0.5) is 0 Å². The number of carbonyl (C=O) groups is 1. The molecule has 0 spiro atoms. The minimum Gasteiger partial charge on any atom is -0.497 e. The Labute approximate surface area is 147 Å². The van der Waals surface area contributed by atoms with Gasteiger partial charge >= 0.3 is 5.97 Å². The van der Waals surface area contributed by atoms with Crippen LogP contribution in [0.25, 0.3) is 11.4 Å². The highest BCUT2D eigenvalue weighted by molar-refractivity contribution is 5.69. The van der Waals surface area contributed by atoms with Crippen LogP contribution in [0.15, 0.2) is 28.8 Å². The third-order valence-electron chi connectivity index (χ3n) is 4.63. The van der Waals surface area contributed by atoms with Crippen molar-refractivity contribution in [2.45, 2.75) is 51.6 Å². The number of benzene rings is 1. The number of nitrogens with zero attached hydrogens (tertiary/aromatic N) is 2. The Balaban J connectivity index is 1.47. The predicted molar refractivity (Wildman–Crippen MR) is 91.9 cm³/mol. The Morgan fingerprint density at radius 1 is 1.28 bits per heavy atom. The first-order valence-corrected chi connectivity index (χ1v) is 8.87. The summed E-state index contributed by atoms with van der Waals surface area (Å²) in [7, 11) is 1.60. The Morgan fingerprint density at radius 2 is 2.12 bits per heavy atom. The largest absolute Gasteiger partial charge is 0.497 e. The first kappa shape index (κ1) is 17.5. The average Bonchev–Trinajstić information content (AvgIpc) is 3.15. The Hall–Kier alpha value is -2.37. The van der Waals surface area contributed by atoms with Crippen molar-refractivity contribution in [3.63, 3.8) is 0 Å². The standard InChI is InChI=1S/C19H24N2O4/c1-23-16-9-5-8-15(12-16)19-20-17(25-21-19)13-24-18(22)11-10-14-6-3-2-4-7-14/h5,8-9,12,14H,2-4,6-7,10-11,13H2,1H3. The van der Waals surface area contributed by atoms with Gasteiger partial charge in [0.2, 0.25) is 5.82 Å². The summed E-state index contributed by atoms with van der Waals surface area (Å²) >= 11 is 0. The molecule has 0 atom stereocenters. The van der Waals surface area contributed by atoms with Gasteiger partial charge in [0.05, 0.1) is 7.11 Å². The van der Waals surface area contributed by atoms with E-state index in [-0.39, 0.29) is 12.6 Å². The van der Waals surface area contributed by atoms with Gasteiger partial charge in [0.15, 0.2) is 6.61 Å². The highest BCUT2D eigenvalue weighted by atomic mass is 16.6. The molecule has 1 heterocycles. The number of aromatic nitrogens is 2. The van der Waals surface area contributed by atoms with Gasteiger partial charge in [-0.1, -0.05) is 49.4 Å². The minimum absolute atomic E-state index is 0.0144. The van der Waals surface area contributed by atoms with E-state index in [2.05, 4.69) is 10.1 Å². The molecule has 0 radical (unpaired) electrons. The lowest BCUT2D eigenvalue weighted by atomic mass is 9.86. The monoisotopic (exact) mass is 344 g/mol. The van der Waals surface area contributed by atoms with Gasteiger partial charge in [0, 0.05) is 12.0 Å². The molecule has 1 aliphatic rings. The molecule has 1 fully saturated rings. The highest BCUT2D eigenvalue weighted by Gasteiger charge is 2.16. The van der Waals surface area contributed by atoms with Crippen LogP contribution < -0.4 is 4.74 Å². The summed E-state index contributed by atoms with van der Waals surface area (Å²) in [6, 6.07) is 7.40. The average molecular weight is 344 g/mol. The van der Waals surface area contributed by atoms with Gasteiger partial charge in [-0.15, -0.1) is 0 Å². The minimum atomic E-state index is -0.202. The fourth-order valence-corrected chi connectivity index (χ4v) is 3.21. The van der Waals surface area contributed by atoms with Gasteiger partial charge in [-0.05, 0) is 24.5 Å². The number of methoxy groups -OCH3 is 1. The van der Waals surface area contributed by atoms with Gasteiger partial charge in [0.1, 0.15) is 5.75 Å². The van der Waals surface area contributed by atoms with Gasteiger partial charge in [-0.3, -0.25) is 4.79 Å². The number of carbonyl (C=O) groups excluding carboxylic acids is 1. The van der Waals surface area contributed by atoms with Crippen LogP contribution in [-0.4, -0.2) is 23.2 Å². The van der Waals surface area contributed by atoms with E-state index < -0.39 is 0 Å². The maximum absolute atomic E-state index is 11.9. The van der Waals surface area contributed by atoms with Crippen molar-refractivity contribution in [3.05, 3.63) is 30.2 Å². The van der Waals surface area contributed by atoms with Crippen molar-refractivity contribution in [2.24, 2.45) is 5.92 Å². The van der Waals surface area contributed by atoms with Crippen LogP contribution in [0.1, 0.15) is 50.8 Å². The maximum atomic E-state index is 11.9. The molecule has 6 heteroatoms. The Kier molecular flexibility index (Phi) is 6.04. The Morgan fingerprint density at radius 3 is 2.92 bits per heavy atom. The van der Waals surface area contributed by atoms with Crippen LogP contribution >= 0.6 is 0 Å². The van der Waals surface area contributed by atoms with E-state index in [1.165, 1.54) is 32.1 Å². The number of rotatable bonds is 7. The van der Waals surface area contributed by atoms with E-state index in [9.17, 15) is 4.79 Å². The van der Waals surface area contributed by atoms with Gasteiger partial charge in [-0.2, -0.15) is 4.98 Å². The molecule has 1 aromatic carbocycles. The predicted octanol–water partition coefficient (Wildman–Crippen LogP) is 4.15. The third-order valence-corrected chi connectivity index (χ3v) is 4.63. The quantitative estimate of drug-likeness (QED) is 0.703. The smallest absolute Gasteiger partial charge is 0.306 e. The first-order valence-electron chi connectivity index (χ1n) is 8.87. The van der Waals surface area contributed by atoms with Crippen LogP contribution in [0, 0.1) is 5.92 Å². The molecule has 1 aromatic heterocycles. The summed E-state index contributed by atoms with van der Waals surface area (Å²) in [4.78, 5) is 16.2. The van der Waals surface area contributed by atoms with E-state index in [4.69, 9.17) is 14.0 Å². The molecule has 134 valence electrons. The van der Waals surface area contributed by atoms with Crippen molar-refractivity contribution in [1.82, 2.24) is 10.1 Å². The summed E-state index contributed by atoms with van der Waals surface area (Å²) in [5.74, 6) is 1.94. The maximum Gasteiger partial charge on any atom is 0.306 e. The lowest BCUT2D eigenvalue weighted by Crippen LogP contribution is -2.11. The van der Waals surface area contributed by atoms with E-state index >= 15 is 0 Å². The fraction of sp³-hybridized carbons (Fsp3) is 0.526. The first-order chi connectivity index (χ1) is 12.2. The summed E-state index contributed by atoms with van der Waals surface area (Å²) in [5.41, 5.74) is 0.790. The molecule has 1 saturated carbocycles. The number of ether oxygens (including phenoxy) is 2. The number of hydrogen-bond donors (Lipinski definition) is 0. The number of hydrogen-bond acceptors (Lipinski definition) is 6. The Bertz CT molecular complexity index is 692. The van der Waals surface area contributed by atoms with Gasteiger partial charge < -0.3 is 14.0 Å². The van der Waals surface area contributed by atoms with E-state index in [0.717, 1.165) is 17.7 Å². The van der Waals surface area contributed by atoms with E-state index in [0.29, 0.717) is 24.1 Å². The van der Waals surface area contributed by atoms with Gasteiger partial charge in [-0.25, -0.2) is 0 Å². The topological polar surface area (TPSA) is 74.5 Å². The molecule has 0 saturated heterocycles. The van der Waals surface area contributed by atoms with E-state index in [1.807, 2.05) is 24.3 Å². The van der Waals surface area contributed by atoms with Crippen LogP contribution in [0.3, 0.4) is 0 Å². The van der Waals surface area contributed by atoms with Crippen molar-refractivity contribution in [1.29, 1.82) is 0 Å².